The predicted octanol–water partition coefficient (Wildman–Crippen LogP) is 0.906. The second kappa shape index (κ2) is 5.76. The van der Waals surface area contributed by atoms with E-state index in [9.17, 15) is 4.79 Å². The molecule has 1 aliphatic heterocycles. The molecule has 0 saturated carbocycles. The highest BCUT2D eigenvalue weighted by Crippen LogP contribution is 2.30. The molecule has 0 atom stereocenters. The molecule has 0 unspecified atom stereocenters. The fourth-order valence-corrected chi connectivity index (χ4v) is 2.70. The number of rotatable bonds is 4. The van der Waals surface area contributed by atoms with Gasteiger partial charge in [-0.3, -0.25) is 4.79 Å². The van der Waals surface area contributed by atoms with E-state index in [0.29, 0.717) is 44.4 Å². The lowest BCUT2D eigenvalue weighted by Gasteiger charge is -2.34. The molecule has 0 spiro atoms. The summed E-state index contributed by atoms with van der Waals surface area (Å²) in [6.45, 7) is 1.44. The molecule has 7 nitrogen and oxygen atoms in total. The molecular weight excluding hydrogens is 282 g/mol. The van der Waals surface area contributed by atoms with E-state index in [1.807, 2.05) is 24.3 Å². The zero-order valence-corrected chi connectivity index (χ0v) is 12.2. The lowest BCUT2D eigenvalue weighted by atomic mass is 9.79. The van der Waals surface area contributed by atoms with Crippen molar-refractivity contribution in [3.63, 3.8) is 0 Å². The van der Waals surface area contributed by atoms with Crippen molar-refractivity contribution in [2.24, 2.45) is 11.1 Å². The Hall–Kier alpha value is -2.41. The molecule has 1 aliphatic rings. The Kier molecular flexibility index (Phi) is 3.81. The topological polar surface area (TPSA) is 116 Å². The zero-order chi connectivity index (χ0) is 15.6. The summed E-state index contributed by atoms with van der Waals surface area (Å²) in [7, 11) is 0. The SMILES string of the molecule is NC(=O)C1(CNc2nc(N)c3ccccc3n2)CCOCC1. The number of fused-ring (bicyclic) bond motifs is 1. The number of nitrogens with zero attached hydrogens (tertiary/aromatic N) is 2. The van der Waals surface area contributed by atoms with Crippen molar-refractivity contribution < 1.29 is 9.53 Å². The Morgan fingerprint density at radius 1 is 1.27 bits per heavy atom. The third-order valence-corrected chi connectivity index (χ3v) is 4.19. The fraction of sp³-hybridized carbons (Fsp3) is 0.400. The smallest absolute Gasteiger partial charge is 0.225 e. The van der Waals surface area contributed by atoms with E-state index in [-0.39, 0.29) is 5.91 Å². The molecule has 1 aromatic heterocycles. The molecule has 1 amide bonds. The lowest BCUT2D eigenvalue weighted by molar-refractivity contribution is -0.132. The normalized spacial score (nSPS) is 17.3. The molecule has 1 saturated heterocycles. The van der Waals surface area contributed by atoms with Crippen LogP contribution in [0.25, 0.3) is 10.9 Å². The molecule has 7 heteroatoms. The zero-order valence-electron chi connectivity index (χ0n) is 12.2. The minimum Gasteiger partial charge on any atom is -0.383 e. The maximum atomic E-state index is 11.8. The van der Waals surface area contributed by atoms with Crippen molar-refractivity contribution >= 4 is 28.6 Å². The van der Waals surface area contributed by atoms with Gasteiger partial charge in [0, 0.05) is 25.1 Å². The number of nitrogens with two attached hydrogens (primary N) is 2. The van der Waals surface area contributed by atoms with Crippen molar-refractivity contribution in [3.05, 3.63) is 24.3 Å². The van der Waals surface area contributed by atoms with Gasteiger partial charge >= 0.3 is 0 Å². The fourth-order valence-electron chi connectivity index (χ4n) is 2.70. The number of carbonyl (C=O) groups excluding carboxylic acids is 1. The van der Waals surface area contributed by atoms with E-state index in [1.54, 1.807) is 0 Å². The Balaban J connectivity index is 1.82. The molecule has 116 valence electrons. The number of benzene rings is 1. The first-order valence-corrected chi connectivity index (χ1v) is 7.24. The average Bonchev–Trinajstić information content (AvgIpc) is 2.54. The third kappa shape index (κ3) is 2.67. The summed E-state index contributed by atoms with van der Waals surface area (Å²) in [5.41, 5.74) is 11.7. The maximum Gasteiger partial charge on any atom is 0.225 e. The van der Waals surface area contributed by atoms with E-state index in [1.165, 1.54) is 0 Å². The van der Waals surface area contributed by atoms with Gasteiger partial charge in [-0.05, 0) is 25.0 Å². The predicted molar refractivity (Wildman–Crippen MR) is 84.1 cm³/mol. The summed E-state index contributed by atoms with van der Waals surface area (Å²) >= 11 is 0. The van der Waals surface area contributed by atoms with Crippen LogP contribution in [0.3, 0.4) is 0 Å². The molecule has 0 bridgehead atoms. The largest absolute Gasteiger partial charge is 0.383 e. The van der Waals surface area contributed by atoms with Crippen LogP contribution in [0, 0.1) is 5.41 Å². The van der Waals surface area contributed by atoms with Crippen molar-refractivity contribution in [3.8, 4) is 0 Å². The van der Waals surface area contributed by atoms with Gasteiger partial charge < -0.3 is 21.5 Å². The first-order chi connectivity index (χ1) is 10.6. The van der Waals surface area contributed by atoms with Crippen molar-refractivity contribution in [1.82, 2.24) is 9.97 Å². The average molecular weight is 301 g/mol. The number of ether oxygens (including phenoxy) is 1. The summed E-state index contributed by atoms with van der Waals surface area (Å²) < 4.78 is 5.32. The third-order valence-electron chi connectivity index (χ3n) is 4.19. The van der Waals surface area contributed by atoms with Crippen LogP contribution in [0.4, 0.5) is 11.8 Å². The summed E-state index contributed by atoms with van der Waals surface area (Å²) in [6, 6.07) is 7.52. The number of hydrogen-bond acceptors (Lipinski definition) is 6. The second-order valence-electron chi connectivity index (χ2n) is 5.56. The van der Waals surface area contributed by atoms with Crippen molar-refractivity contribution in [1.29, 1.82) is 0 Å². The number of nitrogens with one attached hydrogen (secondary N) is 1. The van der Waals surface area contributed by atoms with Gasteiger partial charge in [0.1, 0.15) is 5.82 Å². The van der Waals surface area contributed by atoms with Gasteiger partial charge in [0.25, 0.3) is 0 Å². The van der Waals surface area contributed by atoms with Gasteiger partial charge in [0.15, 0.2) is 0 Å². The van der Waals surface area contributed by atoms with Gasteiger partial charge in [-0.15, -0.1) is 0 Å². The number of carbonyl (C=O) groups is 1. The van der Waals surface area contributed by atoms with Crippen LogP contribution < -0.4 is 16.8 Å². The molecule has 1 fully saturated rings. The van der Waals surface area contributed by atoms with E-state index < -0.39 is 5.41 Å². The number of aromatic nitrogens is 2. The number of anilines is 2. The van der Waals surface area contributed by atoms with E-state index >= 15 is 0 Å². The molecule has 0 aliphatic carbocycles. The first-order valence-electron chi connectivity index (χ1n) is 7.24. The lowest BCUT2D eigenvalue weighted by Crippen LogP contribution is -2.46. The monoisotopic (exact) mass is 301 g/mol. The van der Waals surface area contributed by atoms with Crippen molar-refractivity contribution in [2.45, 2.75) is 12.8 Å². The minimum absolute atomic E-state index is 0.322. The van der Waals surface area contributed by atoms with Gasteiger partial charge in [0.2, 0.25) is 11.9 Å². The van der Waals surface area contributed by atoms with Crippen LogP contribution in [-0.2, 0) is 9.53 Å². The Labute approximate surface area is 128 Å². The van der Waals surface area contributed by atoms with Crippen LogP contribution in [0.15, 0.2) is 24.3 Å². The van der Waals surface area contributed by atoms with Gasteiger partial charge in [-0.2, -0.15) is 4.98 Å². The molecule has 1 aromatic carbocycles. The van der Waals surface area contributed by atoms with Gasteiger partial charge in [-0.1, -0.05) is 12.1 Å². The highest BCUT2D eigenvalue weighted by molar-refractivity contribution is 5.88. The number of primary amides is 1. The number of hydrogen-bond donors (Lipinski definition) is 3. The van der Waals surface area contributed by atoms with E-state index in [4.69, 9.17) is 16.2 Å². The molecule has 5 N–H and O–H groups in total. The first kappa shape index (κ1) is 14.5. The summed E-state index contributed by atoms with van der Waals surface area (Å²) in [5, 5.41) is 3.92. The Morgan fingerprint density at radius 3 is 2.73 bits per heavy atom. The number of amides is 1. The molecule has 0 radical (unpaired) electrons. The van der Waals surface area contributed by atoms with Crippen LogP contribution in [-0.4, -0.2) is 35.6 Å². The van der Waals surface area contributed by atoms with Gasteiger partial charge in [-0.25, -0.2) is 4.98 Å². The molecular formula is C15H19N5O2. The number of para-hydroxylation sites is 1. The summed E-state index contributed by atoms with van der Waals surface area (Å²) in [4.78, 5) is 20.5. The minimum atomic E-state index is -0.623. The second-order valence-corrected chi connectivity index (χ2v) is 5.56. The van der Waals surface area contributed by atoms with Crippen LogP contribution >= 0.6 is 0 Å². The molecule has 22 heavy (non-hydrogen) atoms. The van der Waals surface area contributed by atoms with Crippen LogP contribution in [0.5, 0.6) is 0 Å². The summed E-state index contributed by atoms with van der Waals surface area (Å²) in [6.07, 6.45) is 1.19. The van der Waals surface area contributed by atoms with Gasteiger partial charge in [0.05, 0.1) is 10.9 Å². The quantitative estimate of drug-likeness (QED) is 0.772. The molecule has 2 heterocycles. The van der Waals surface area contributed by atoms with Crippen molar-refractivity contribution in [2.75, 3.05) is 30.8 Å². The van der Waals surface area contributed by atoms with E-state index in [0.717, 1.165) is 10.9 Å². The molecule has 2 aromatic rings. The van der Waals surface area contributed by atoms with Crippen LogP contribution in [0.2, 0.25) is 0 Å². The highest BCUT2D eigenvalue weighted by atomic mass is 16.5. The number of nitrogen functional groups attached to an aromatic ring is 1. The summed E-state index contributed by atoms with van der Waals surface area (Å²) in [5.74, 6) is 0.494. The maximum absolute atomic E-state index is 11.8. The standard InChI is InChI=1S/C15H19N5O2/c16-12-10-3-1-2-4-11(10)19-14(20-12)18-9-15(13(17)21)5-7-22-8-6-15/h1-4H,5-9H2,(H2,17,21)(H3,16,18,19,20). The van der Waals surface area contributed by atoms with E-state index in [2.05, 4.69) is 15.3 Å². The Bertz CT molecular complexity index is 697. The highest BCUT2D eigenvalue weighted by Gasteiger charge is 2.38. The molecule has 3 rings (SSSR count). The Morgan fingerprint density at radius 2 is 2.00 bits per heavy atom. The van der Waals surface area contributed by atoms with Crippen LogP contribution in [0.1, 0.15) is 12.8 Å².